The van der Waals surface area contributed by atoms with E-state index in [-0.39, 0.29) is 10.8 Å². The summed E-state index contributed by atoms with van der Waals surface area (Å²) in [6.45, 7) is 0. The quantitative estimate of drug-likeness (QED) is 0.121. The van der Waals surface area contributed by atoms with Gasteiger partial charge in [-0.05, 0) is 150 Å². The zero-order valence-electron chi connectivity index (χ0n) is 55.9. The maximum Gasteiger partial charge on any atom is 0.160 e. The van der Waals surface area contributed by atoms with Crippen LogP contribution in [0, 0.1) is 0 Å². The van der Waals surface area contributed by atoms with E-state index in [1.807, 2.05) is 47.8 Å². The first-order chi connectivity index (χ1) is 49.5. The van der Waals surface area contributed by atoms with Gasteiger partial charge in [0.25, 0.3) is 0 Å². The first kappa shape index (κ1) is 62.7. The smallest absolute Gasteiger partial charge is 0.160 e. The summed E-state index contributed by atoms with van der Waals surface area (Å²) >= 11 is 3.71. The molecule has 2 aliphatic carbocycles. The molecular weight excluding hydrogens is 1250 g/mol. The normalized spacial score (nSPS) is 14.8. The third kappa shape index (κ3) is 12.3. The lowest BCUT2D eigenvalue weighted by Crippen LogP contribution is -2.30. The van der Waals surface area contributed by atoms with E-state index < -0.39 is 0 Å². The van der Waals surface area contributed by atoms with Gasteiger partial charge in [0.15, 0.2) is 5.82 Å². The van der Waals surface area contributed by atoms with Crippen LogP contribution >= 0.6 is 23.5 Å². The molecule has 100 heavy (non-hydrogen) atoms. The minimum atomic E-state index is -0.0149. The molecule has 0 unspecified atom stereocenters. The first-order valence-corrected chi connectivity index (χ1v) is 37.0. The zero-order chi connectivity index (χ0) is 66.7. The number of hydrogen-bond donors (Lipinski definition) is 0. The molecule has 2 aromatic heterocycles. The van der Waals surface area contributed by atoms with E-state index in [1.54, 1.807) is 0 Å². The Balaban J connectivity index is 0.000000150. The van der Waals surface area contributed by atoms with Crippen molar-refractivity contribution in [3.05, 3.63) is 356 Å². The van der Waals surface area contributed by atoms with Gasteiger partial charge in [-0.3, -0.25) is 0 Å². The van der Waals surface area contributed by atoms with Crippen molar-refractivity contribution in [1.82, 2.24) is 15.0 Å². The summed E-state index contributed by atoms with van der Waals surface area (Å²) < 4.78 is 0. The summed E-state index contributed by atoms with van der Waals surface area (Å²) in [5, 5.41) is 0. The minimum absolute atomic E-state index is 0.00547. The van der Waals surface area contributed by atoms with E-state index in [1.165, 1.54) is 138 Å². The van der Waals surface area contributed by atoms with E-state index in [4.69, 9.17) is 15.0 Å². The number of para-hydroxylation sites is 4. The SMILES string of the molecule is c1ccc(-c2cc(-c3ccc(C4(c5ccc(N6c7ccccc7Sc7ccccc76)cc5)CCCCC4)cc3)cc(-c3ccccc3)n2)cc1.c1ccc(-c2cc(-c3ccc(C4(c5ccc(N6c7ccccc7Sc7ccccc76)cc5)CCCCC4)cc3)nc(-c3ccccc3)n2)cc1. The van der Waals surface area contributed by atoms with Crippen molar-refractivity contribution in [1.29, 1.82) is 0 Å². The lowest BCUT2D eigenvalue weighted by Gasteiger charge is -2.39. The molecule has 12 aromatic carbocycles. The van der Waals surface area contributed by atoms with Crippen molar-refractivity contribution in [2.45, 2.75) is 94.6 Å². The monoisotopic (exact) mass is 1330 g/mol. The van der Waals surface area contributed by atoms with Gasteiger partial charge in [0.05, 0.1) is 45.5 Å². The summed E-state index contributed by atoms with van der Waals surface area (Å²) in [5.41, 5.74) is 24.7. The number of benzene rings is 12. The molecule has 5 nitrogen and oxygen atoms in total. The highest BCUT2D eigenvalue weighted by Gasteiger charge is 2.38. The zero-order valence-corrected chi connectivity index (χ0v) is 57.5. The second-order valence-corrected chi connectivity index (χ2v) is 29.0. The molecule has 484 valence electrons. The van der Waals surface area contributed by atoms with Crippen molar-refractivity contribution in [2.24, 2.45) is 0 Å². The number of rotatable bonds is 12. The average molecular weight is 1330 g/mol. The van der Waals surface area contributed by atoms with Crippen LogP contribution in [0.5, 0.6) is 0 Å². The molecule has 0 N–H and O–H groups in total. The Morgan fingerprint density at radius 2 is 0.510 bits per heavy atom. The van der Waals surface area contributed by atoms with Gasteiger partial charge in [0.2, 0.25) is 0 Å². The molecule has 7 heteroatoms. The maximum atomic E-state index is 5.10. The lowest BCUT2D eigenvalue weighted by molar-refractivity contribution is 0.346. The van der Waals surface area contributed by atoms with Crippen LogP contribution in [0.4, 0.5) is 34.1 Å². The van der Waals surface area contributed by atoms with Crippen LogP contribution in [0.3, 0.4) is 0 Å². The molecule has 0 bridgehead atoms. The van der Waals surface area contributed by atoms with Crippen molar-refractivity contribution >= 4 is 57.6 Å². The third-order valence-corrected chi connectivity index (χ3v) is 23.2. The number of fused-ring (bicyclic) bond motifs is 4. The fraction of sp³-hybridized carbons (Fsp3) is 0.129. The predicted octanol–water partition coefficient (Wildman–Crippen LogP) is 25.9. The highest BCUT2D eigenvalue weighted by Crippen LogP contribution is 2.55. The van der Waals surface area contributed by atoms with E-state index >= 15 is 0 Å². The molecule has 14 aromatic rings. The van der Waals surface area contributed by atoms with Crippen LogP contribution in [0.2, 0.25) is 0 Å². The molecule has 2 aliphatic heterocycles. The molecule has 0 amide bonds. The van der Waals surface area contributed by atoms with Crippen LogP contribution in [-0.4, -0.2) is 15.0 Å². The number of hydrogen-bond acceptors (Lipinski definition) is 7. The molecular formula is C93H75N5S2. The lowest BCUT2D eigenvalue weighted by atomic mass is 9.65. The summed E-state index contributed by atoms with van der Waals surface area (Å²) in [5.74, 6) is 0.743. The van der Waals surface area contributed by atoms with Gasteiger partial charge in [-0.15, -0.1) is 0 Å². The topological polar surface area (TPSA) is 45.2 Å². The molecule has 18 rings (SSSR count). The Morgan fingerprint density at radius 1 is 0.230 bits per heavy atom. The van der Waals surface area contributed by atoms with Gasteiger partial charge in [-0.2, -0.15) is 0 Å². The average Bonchev–Trinajstić information content (AvgIpc) is 0.771. The minimum Gasteiger partial charge on any atom is -0.308 e. The molecule has 2 fully saturated rings. The molecule has 2 saturated carbocycles. The largest absolute Gasteiger partial charge is 0.308 e. The second kappa shape index (κ2) is 27.8. The molecule has 0 radical (unpaired) electrons. The highest BCUT2D eigenvalue weighted by molar-refractivity contribution is 8.00. The van der Waals surface area contributed by atoms with E-state index in [0.717, 1.165) is 69.3 Å². The van der Waals surface area contributed by atoms with Crippen LogP contribution < -0.4 is 9.80 Å². The van der Waals surface area contributed by atoms with Gasteiger partial charge in [0, 0.05) is 69.6 Å². The van der Waals surface area contributed by atoms with Crippen LogP contribution in [0.15, 0.2) is 353 Å². The van der Waals surface area contributed by atoms with Crippen LogP contribution in [0.25, 0.3) is 67.5 Å². The van der Waals surface area contributed by atoms with E-state index in [9.17, 15) is 0 Å². The van der Waals surface area contributed by atoms with Crippen LogP contribution in [0.1, 0.15) is 86.5 Å². The maximum absolute atomic E-state index is 5.10. The Morgan fingerprint density at radius 3 is 0.860 bits per heavy atom. The van der Waals surface area contributed by atoms with Crippen molar-refractivity contribution < 1.29 is 0 Å². The Hall–Kier alpha value is -10.8. The molecule has 0 saturated heterocycles. The first-order valence-electron chi connectivity index (χ1n) is 35.4. The van der Waals surface area contributed by atoms with E-state index in [0.29, 0.717) is 0 Å². The summed E-state index contributed by atoms with van der Waals surface area (Å²) in [4.78, 5) is 25.2. The number of anilines is 6. The molecule has 0 spiro atoms. The standard InChI is InChI=1S/C47H38N2S.C46H37N3S/c1-4-14-35(15-5-1)41-32-37(33-42(48-41)36-16-6-2-7-17-36)34-22-24-38(25-23-34)47(30-12-3-13-31-47)39-26-28-40(29-27-39)49-43-18-8-10-20-45(43)50-46-21-11-9-19-44(46)49;1-4-14-33(15-5-1)39-32-40(48-45(47-39)35-16-6-2-7-17-35)34-22-24-36(25-23-34)46(30-12-3-13-31-46)37-26-28-38(29-27-37)49-41-18-8-10-20-43(41)50-44-21-11-9-19-42(44)49/h1-2,4-11,14-29,32-33H,3,12-13,30-31H2;1-2,4-11,14-29,32H,3,12-13,30-31H2. The number of pyridine rings is 1. The predicted molar refractivity (Wildman–Crippen MR) is 417 cm³/mol. The van der Waals surface area contributed by atoms with Gasteiger partial charge >= 0.3 is 0 Å². The second-order valence-electron chi connectivity index (χ2n) is 26.8. The molecule has 4 aliphatic rings. The van der Waals surface area contributed by atoms with Crippen molar-refractivity contribution in [2.75, 3.05) is 9.80 Å². The fourth-order valence-corrected chi connectivity index (χ4v) is 18.0. The summed E-state index contributed by atoms with van der Waals surface area (Å²) in [7, 11) is 0. The molecule has 0 atom stereocenters. The van der Waals surface area contributed by atoms with E-state index in [2.05, 4.69) is 319 Å². The van der Waals surface area contributed by atoms with Crippen LogP contribution in [-0.2, 0) is 10.8 Å². The summed E-state index contributed by atoms with van der Waals surface area (Å²) in [6.07, 6.45) is 12.2. The Bertz CT molecular complexity index is 4640. The van der Waals surface area contributed by atoms with Gasteiger partial charge in [-0.25, -0.2) is 15.0 Å². The highest BCUT2D eigenvalue weighted by atomic mass is 32.2. The Labute approximate surface area is 596 Å². The van der Waals surface area contributed by atoms with Crippen molar-refractivity contribution in [3.8, 4) is 67.5 Å². The van der Waals surface area contributed by atoms with Gasteiger partial charge < -0.3 is 9.80 Å². The van der Waals surface area contributed by atoms with Gasteiger partial charge in [0.1, 0.15) is 0 Å². The fourth-order valence-electron chi connectivity index (χ4n) is 15.8. The Kier molecular flexibility index (Phi) is 17.4. The number of nitrogens with zero attached hydrogens (tertiary/aromatic N) is 5. The van der Waals surface area contributed by atoms with Gasteiger partial charge in [-0.1, -0.05) is 305 Å². The number of aromatic nitrogens is 3. The van der Waals surface area contributed by atoms with Crippen molar-refractivity contribution in [3.63, 3.8) is 0 Å². The third-order valence-electron chi connectivity index (χ3n) is 20.9. The molecule has 4 heterocycles. The summed E-state index contributed by atoms with van der Waals surface area (Å²) in [6, 6.07) is 121.